The van der Waals surface area contributed by atoms with Crippen LogP contribution in [0.4, 0.5) is 0 Å². The summed E-state index contributed by atoms with van der Waals surface area (Å²) in [5, 5.41) is 2.88. The lowest BCUT2D eigenvalue weighted by atomic mass is 10.1. The molecule has 1 saturated heterocycles. The number of hydrogen-bond donors (Lipinski definition) is 1. The minimum Gasteiger partial charge on any atom is -0.355 e. The molecule has 1 rings (SSSR count). The van der Waals surface area contributed by atoms with Gasteiger partial charge < -0.3 is 5.32 Å². The van der Waals surface area contributed by atoms with Gasteiger partial charge in [0.05, 0.1) is 6.54 Å². The van der Waals surface area contributed by atoms with Gasteiger partial charge in [-0.1, -0.05) is 13.8 Å². The Morgan fingerprint density at radius 3 is 3.00 bits per heavy atom. The van der Waals surface area contributed by atoms with E-state index < -0.39 is 0 Å². The van der Waals surface area contributed by atoms with Crippen molar-refractivity contribution in [2.24, 2.45) is 5.92 Å². The van der Waals surface area contributed by atoms with E-state index in [4.69, 9.17) is 0 Å². The molecule has 76 valence electrons. The Morgan fingerprint density at radius 1 is 1.54 bits per heavy atom. The zero-order chi connectivity index (χ0) is 9.68. The molecule has 0 aromatic rings. The number of carbonyl (C=O) groups is 1. The molecule has 0 radical (unpaired) electrons. The number of carbonyl (C=O) groups excluding carboxylic acids is 1. The van der Waals surface area contributed by atoms with E-state index in [0.717, 1.165) is 32.0 Å². The van der Waals surface area contributed by atoms with E-state index in [1.165, 1.54) is 6.42 Å². The fourth-order valence-corrected chi connectivity index (χ4v) is 1.50. The molecule has 13 heavy (non-hydrogen) atoms. The summed E-state index contributed by atoms with van der Waals surface area (Å²) in [6.07, 6.45) is 2.27. The Balaban J connectivity index is 2.26. The number of amides is 1. The third-order valence-electron chi connectivity index (χ3n) is 2.36. The van der Waals surface area contributed by atoms with E-state index in [2.05, 4.69) is 24.1 Å². The molecule has 0 aromatic carbocycles. The molecule has 1 aliphatic heterocycles. The van der Waals surface area contributed by atoms with Crippen molar-refractivity contribution in [3.63, 3.8) is 0 Å². The first-order chi connectivity index (χ1) is 6.18. The quantitative estimate of drug-likeness (QED) is 0.705. The van der Waals surface area contributed by atoms with Crippen LogP contribution in [0, 0.1) is 5.92 Å². The molecule has 0 aromatic heterocycles. The molecule has 3 nitrogen and oxygen atoms in total. The van der Waals surface area contributed by atoms with Crippen molar-refractivity contribution in [3.05, 3.63) is 0 Å². The van der Waals surface area contributed by atoms with Crippen LogP contribution in [0.1, 0.15) is 26.7 Å². The monoisotopic (exact) mass is 184 g/mol. The van der Waals surface area contributed by atoms with Crippen LogP contribution in [-0.4, -0.2) is 37.0 Å². The summed E-state index contributed by atoms with van der Waals surface area (Å²) in [4.78, 5) is 13.4. The minimum absolute atomic E-state index is 0.182. The molecule has 3 heteroatoms. The first-order valence-electron chi connectivity index (χ1n) is 5.17. The van der Waals surface area contributed by atoms with Gasteiger partial charge >= 0.3 is 0 Å². The molecule has 1 fully saturated rings. The van der Waals surface area contributed by atoms with Gasteiger partial charge in [-0.25, -0.2) is 0 Å². The number of rotatable bonds is 3. The van der Waals surface area contributed by atoms with Gasteiger partial charge in [-0.15, -0.1) is 0 Å². The Bertz CT molecular complexity index is 168. The normalized spacial score (nSPS) is 20.1. The van der Waals surface area contributed by atoms with Crippen LogP contribution in [0.2, 0.25) is 0 Å². The standard InChI is InChI=1S/C10H20N2O/c1-9(2)4-7-12-6-3-5-11-10(13)8-12/h9H,3-8H2,1-2H3,(H,11,13). The van der Waals surface area contributed by atoms with Gasteiger partial charge in [-0.2, -0.15) is 0 Å². The lowest BCUT2D eigenvalue weighted by Crippen LogP contribution is -2.34. The Hall–Kier alpha value is -0.570. The van der Waals surface area contributed by atoms with Gasteiger partial charge in [-0.05, 0) is 25.3 Å². The maximum Gasteiger partial charge on any atom is 0.234 e. The molecular formula is C10H20N2O. The van der Waals surface area contributed by atoms with Crippen molar-refractivity contribution in [1.29, 1.82) is 0 Å². The topological polar surface area (TPSA) is 32.3 Å². The second kappa shape index (κ2) is 5.22. The average molecular weight is 184 g/mol. The van der Waals surface area contributed by atoms with Gasteiger partial charge in [0.2, 0.25) is 5.91 Å². The van der Waals surface area contributed by atoms with Gasteiger partial charge in [0, 0.05) is 13.1 Å². The van der Waals surface area contributed by atoms with Crippen molar-refractivity contribution < 1.29 is 4.79 Å². The average Bonchev–Trinajstić information content (AvgIpc) is 2.26. The molecule has 0 bridgehead atoms. The Kier molecular flexibility index (Phi) is 4.22. The summed E-state index contributed by atoms with van der Waals surface area (Å²) in [6.45, 7) is 8.00. The van der Waals surface area contributed by atoms with E-state index in [1.54, 1.807) is 0 Å². The van der Waals surface area contributed by atoms with Crippen molar-refractivity contribution in [1.82, 2.24) is 10.2 Å². The fourth-order valence-electron chi connectivity index (χ4n) is 1.50. The highest BCUT2D eigenvalue weighted by Gasteiger charge is 2.13. The zero-order valence-corrected chi connectivity index (χ0v) is 8.68. The highest BCUT2D eigenvalue weighted by Crippen LogP contribution is 2.03. The third kappa shape index (κ3) is 4.27. The van der Waals surface area contributed by atoms with Crippen LogP contribution in [-0.2, 0) is 4.79 Å². The first kappa shape index (κ1) is 10.5. The molecule has 0 spiro atoms. The largest absolute Gasteiger partial charge is 0.355 e. The van der Waals surface area contributed by atoms with E-state index in [9.17, 15) is 4.79 Å². The van der Waals surface area contributed by atoms with Crippen LogP contribution in [0.5, 0.6) is 0 Å². The molecule has 1 amide bonds. The Morgan fingerprint density at radius 2 is 2.31 bits per heavy atom. The molecule has 0 aliphatic carbocycles. The van der Waals surface area contributed by atoms with Crippen molar-refractivity contribution >= 4 is 5.91 Å². The summed E-state index contributed by atoms with van der Waals surface area (Å²) < 4.78 is 0. The van der Waals surface area contributed by atoms with Crippen LogP contribution >= 0.6 is 0 Å². The van der Waals surface area contributed by atoms with Gasteiger partial charge in [0.15, 0.2) is 0 Å². The summed E-state index contributed by atoms with van der Waals surface area (Å²) in [7, 11) is 0. The summed E-state index contributed by atoms with van der Waals surface area (Å²) in [5.41, 5.74) is 0. The molecule has 1 aliphatic rings. The van der Waals surface area contributed by atoms with Gasteiger partial charge in [0.25, 0.3) is 0 Å². The number of nitrogens with zero attached hydrogens (tertiary/aromatic N) is 1. The van der Waals surface area contributed by atoms with Crippen molar-refractivity contribution in [2.75, 3.05) is 26.2 Å². The molecule has 0 unspecified atom stereocenters. The lowest BCUT2D eigenvalue weighted by molar-refractivity contribution is -0.121. The minimum atomic E-state index is 0.182. The van der Waals surface area contributed by atoms with Crippen molar-refractivity contribution in [3.8, 4) is 0 Å². The van der Waals surface area contributed by atoms with Crippen LogP contribution in [0.25, 0.3) is 0 Å². The SMILES string of the molecule is CC(C)CCN1CCCNC(=O)C1. The Labute approximate surface area is 80.5 Å². The number of hydrogen-bond acceptors (Lipinski definition) is 2. The maximum absolute atomic E-state index is 11.2. The second-order valence-electron chi connectivity index (χ2n) is 4.16. The molecule has 0 atom stereocenters. The number of nitrogens with one attached hydrogen (secondary N) is 1. The zero-order valence-electron chi connectivity index (χ0n) is 8.68. The summed E-state index contributed by atoms with van der Waals surface area (Å²) in [6, 6.07) is 0. The van der Waals surface area contributed by atoms with E-state index >= 15 is 0 Å². The van der Waals surface area contributed by atoms with Gasteiger partial charge in [-0.3, -0.25) is 9.69 Å². The first-order valence-corrected chi connectivity index (χ1v) is 5.17. The highest BCUT2D eigenvalue weighted by molar-refractivity contribution is 5.78. The van der Waals surface area contributed by atoms with Gasteiger partial charge in [0.1, 0.15) is 0 Å². The summed E-state index contributed by atoms with van der Waals surface area (Å²) in [5.74, 6) is 0.910. The van der Waals surface area contributed by atoms with E-state index in [-0.39, 0.29) is 5.91 Å². The van der Waals surface area contributed by atoms with E-state index in [1.807, 2.05) is 0 Å². The predicted molar refractivity (Wildman–Crippen MR) is 53.5 cm³/mol. The van der Waals surface area contributed by atoms with E-state index in [0.29, 0.717) is 6.54 Å². The third-order valence-corrected chi connectivity index (χ3v) is 2.36. The molecule has 0 saturated carbocycles. The molecule has 1 N–H and O–H groups in total. The lowest BCUT2D eigenvalue weighted by Gasteiger charge is -2.19. The molecular weight excluding hydrogens is 164 g/mol. The predicted octanol–water partition coefficient (Wildman–Crippen LogP) is 0.854. The smallest absolute Gasteiger partial charge is 0.234 e. The fraction of sp³-hybridized carbons (Fsp3) is 0.900. The summed E-state index contributed by atoms with van der Waals surface area (Å²) >= 11 is 0. The van der Waals surface area contributed by atoms with Crippen LogP contribution in [0.3, 0.4) is 0 Å². The second-order valence-corrected chi connectivity index (χ2v) is 4.16. The van der Waals surface area contributed by atoms with Crippen molar-refractivity contribution in [2.45, 2.75) is 26.7 Å². The van der Waals surface area contributed by atoms with Crippen LogP contribution in [0.15, 0.2) is 0 Å². The molecule has 1 heterocycles. The van der Waals surface area contributed by atoms with Crippen LogP contribution < -0.4 is 5.32 Å². The maximum atomic E-state index is 11.2. The highest BCUT2D eigenvalue weighted by atomic mass is 16.2.